The summed E-state index contributed by atoms with van der Waals surface area (Å²) in [5.41, 5.74) is 6.15. The van der Waals surface area contributed by atoms with Crippen molar-refractivity contribution >= 4 is 53.2 Å². The molecule has 0 aliphatic heterocycles. The molecule has 8 amide bonds. The maximum atomic E-state index is 14.3. The summed E-state index contributed by atoms with van der Waals surface area (Å²) < 4.78 is 4.93. The van der Waals surface area contributed by atoms with Crippen LogP contribution in [-0.2, 0) is 47.9 Å². The molecule has 0 unspecified atom stereocenters. The molecule has 0 saturated heterocycles. The van der Waals surface area contributed by atoms with E-state index in [2.05, 4.69) is 42.5 Å². The number of rotatable bonds is 35. The first-order valence-electron chi connectivity index (χ1n) is 27.4. The van der Waals surface area contributed by atoms with Crippen LogP contribution in [0.25, 0.3) is 0 Å². The van der Waals surface area contributed by atoms with Gasteiger partial charge < -0.3 is 53.0 Å². The van der Waals surface area contributed by atoms with Gasteiger partial charge in [-0.2, -0.15) is 0 Å². The molecule has 19 heteroatoms. The molecule has 0 spiro atoms. The lowest BCUT2D eigenvalue weighted by Crippen LogP contribution is -2.61. The second-order valence-electron chi connectivity index (χ2n) is 24.3. The maximum absolute atomic E-state index is 14.3. The minimum atomic E-state index is -1.14. The van der Waals surface area contributed by atoms with Crippen molar-refractivity contribution in [2.75, 3.05) is 7.11 Å². The lowest BCUT2D eigenvalue weighted by atomic mass is 9.97. The Hall–Kier alpha value is -4.81. The van der Waals surface area contributed by atoms with Gasteiger partial charge in [0, 0.05) is 0 Å². The molecule has 19 nitrogen and oxygen atoms in total. The molecule has 0 saturated carbocycles. The Labute approximate surface area is 445 Å². The Kier molecular flexibility index (Phi) is 32.4. The van der Waals surface area contributed by atoms with E-state index < -0.39 is 108 Å². The molecule has 0 heterocycles. The number of nitrogens with one attached hydrogen (secondary N) is 8. The zero-order valence-corrected chi connectivity index (χ0v) is 48.9. The van der Waals surface area contributed by atoms with Gasteiger partial charge in [-0.3, -0.25) is 38.4 Å². The SMILES string of the molecule is COC(=O)[C@H](CC(C)C)NC(=O)[C@H](CC(C)C)NC(=O)[C@H](CC(C)C)NC(=O)[C@H](CC(C)C)NC(=O)[C@H](CC(C)C)NC(=O)[C@H](CC(C)C)NC(=O)[C@H](CC(C)C)NC(=O)[C@H](CC(C)C)NC(=O)[C@@H](N)CC(C)C. The standard InChI is InChI=1S/C55H103N9O10/c1-29(2)20-38(56)47(65)57-39(21-30(3)4)48(66)58-40(22-31(5)6)49(67)59-41(23-32(7)8)50(68)60-42(24-33(9)10)51(69)61-43(25-34(11)12)52(70)62-44(26-35(13)14)53(71)63-45(27-36(15)16)54(72)64-46(28-37(17)18)55(73)74-19/h29-46H,20-28,56H2,1-19H3,(H,57,65)(H,58,66)(H,59,67)(H,60,68)(H,61,69)(H,62,70)(H,63,71)(H,64,72)/t38-,39-,40-,41-,42-,43-,44-,45-,46-/m0/s1. The molecule has 0 bridgehead atoms. The number of nitrogens with two attached hydrogens (primary N) is 1. The van der Waals surface area contributed by atoms with E-state index in [1.54, 1.807) is 0 Å². The van der Waals surface area contributed by atoms with Crippen LogP contribution in [-0.4, -0.2) is 115 Å². The van der Waals surface area contributed by atoms with Gasteiger partial charge in [0.15, 0.2) is 0 Å². The lowest BCUT2D eigenvalue weighted by Gasteiger charge is -2.30. The van der Waals surface area contributed by atoms with Crippen molar-refractivity contribution in [2.45, 2.75) is 237 Å². The summed E-state index contributed by atoms with van der Waals surface area (Å²) in [4.78, 5) is 124. The Morgan fingerprint density at radius 3 is 0.581 bits per heavy atom. The molecule has 0 aromatic carbocycles. The summed E-state index contributed by atoms with van der Waals surface area (Å²) in [6.07, 6.45) is 2.27. The zero-order valence-electron chi connectivity index (χ0n) is 48.9. The van der Waals surface area contributed by atoms with Crippen molar-refractivity contribution in [1.82, 2.24) is 42.5 Å². The first kappa shape index (κ1) is 69.2. The average Bonchev–Trinajstić information content (AvgIpc) is 3.25. The highest BCUT2D eigenvalue weighted by Gasteiger charge is 2.36. The fourth-order valence-electron chi connectivity index (χ4n) is 8.55. The monoisotopic (exact) mass is 1050 g/mol. The first-order chi connectivity index (χ1) is 34.2. The molecule has 74 heavy (non-hydrogen) atoms. The molecular formula is C55H103N9O10. The van der Waals surface area contributed by atoms with E-state index in [9.17, 15) is 43.2 Å². The van der Waals surface area contributed by atoms with E-state index >= 15 is 0 Å². The van der Waals surface area contributed by atoms with Crippen molar-refractivity contribution in [2.24, 2.45) is 59.0 Å². The van der Waals surface area contributed by atoms with Gasteiger partial charge in [0.05, 0.1) is 13.2 Å². The number of methoxy groups -OCH3 is 1. The molecule has 0 aromatic heterocycles. The molecule has 0 aromatic rings. The minimum Gasteiger partial charge on any atom is -0.467 e. The van der Waals surface area contributed by atoms with Crippen LogP contribution in [0.5, 0.6) is 0 Å². The van der Waals surface area contributed by atoms with Crippen LogP contribution in [0, 0.1) is 53.3 Å². The van der Waals surface area contributed by atoms with Crippen LogP contribution in [0.3, 0.4) is 0 Å². The number of amides is 8. The van der Waals surface area contributed by atoms with Gasteiger partial charge in [-0.25, -0.2) is 4.79 Å². The highest BCUT2D eigenvalue weighted by Crippen LogP contribution is 2.16. The molecule has 0 aliphatic rings. The van der Waals surface area contributed by atoms with Crippen molar-refractivity contribution < 1.29 is 47.9 Å². The van der Waals surface area contributed by atoms with Gasteiger partial charge >= 0.3 is 5.97 Å². The lowest BCUT2D eigenvalue weighted by molar-refractivity contribution is -0.146. The van der Waals surface area contributed by atoms with Crippen LogP contribution >= 0.6 is 0 Å². The Balaban J connectivity index is 6.71. The summed E-state index contributed by atoms with van der Waals surface area (Å²) in [6, 6.07) is -9.31. The molecule has 10 N–H and O–H groups in total. The summed E-state index contributed by atoms with van der Waals surface area (Å²) >= 11 is 0. The van der Waals surface area contributed by atoms with Gasteiger partial charge in [-0.1, -0.05) is 125 Å². The highest BCUT2D eigenvalue weighted by molar-refractivity contribution is 5.98. The van der Waals surface area contributed by atoms with Gasteiger partial charge in [-0.15, -0.1) is 0 Å². The number of esters is 1. The number of carbonyl (C=O) groups is 9. The summed E-state index contributed by atoms with van der Waals surface area (Å²) in [7, 11) is 1.24. The summed E-state index contributed by atoms with van der Waals surface area (Å²) in [5, 5.41) is 22.6. The average molecular weight is 1050 g/mol. The quantitative estimate of drug-likeness (QED) is 0.0390. The normalized spacial score (nSPS) is 15.5. The molecule has 0 radical (unpaired) electrons. The Morgan fingerprint density at radius 1 is 0.270 bits per heavy atom. The predicted octanol–water partition coefficient (Wildman–Crippen LogP) is 4.78. The molecule has 0 fully saturated rings. The van der Waals surface area contributed by atoms with Crippen molar-refractivity contribution in [3.63, 3.8) is 0 Å². The highest BCUT2D eigenvalue weighted by atomic mass is 16.5. The van der Waals surface area contributed by atoms with Gasteiger partial charge in [0.25, 0.3) is 0 Å². The number of hydrogen-bond acceptors (Lipinski definition) is 11. The molecule has 0 rings (SSSR count). The van der Waals surface area contributed by atoms with Crippen LogP contribution in [0.2, 0.25) is 0 Å². The Morgan fingerprint density at radius 2 is 0.419 bits per heavy atom. The van der Waals surface area contributed by atoms with Crippen LogP contribution in [0.4, 0.5) is 0 Å². The first-order valence-corrected chi connectivity index (χ1v) is 27.4. The fraction of sp³-hybridized carbons (Fsp3) is 0.836. The summed E-state index contributed by atoms with van der Waals surface area (Å²) in [6.45, 7) is 34.2. The third-order valence-electron chi connectivity index (χ3n) is 12.0. The second kappa shape index (κ2) is 34.7. The molecular weight excluding hydrogens is 947 g/mol. The predicted molar refractivity (Wildman–Crippen MR) is 291 cm³/mol. The topological polar surface area (TPSA) is 285 Å². The molecule has 9 atom stereocenters. The van der Waals surface area contributed by atoms with Gasteiger partial charge in [0.1, 0.15) is 48.3 Å². The van der Waals surface area contributed by atoms with E-state index in [1.807, 2.05) is 125 Å². The largest absolute Gasteiger partial charge is 0.467 e. The van der Waals surface area contributed by atoms with Crippen molar-refractivity contribution in [3.8, 4) is 0 Å². The van der Waals surface area contributed by atoms with Crippen molar-refractivity contribution in [1.29, 1.82) is 0 Å². The molecule has 0 aliphatic carbocycles. The van der Waals surface area contributed by atoms with E-state index in [0.29, 0.717) is 19.3 Å². The van der Waals surface area contributed by atoms with Gasteiger partial charge in [-0.05, 0) is 111 Å². The zero-order chi connectivity index (χ0) is 57.3. The number of ether oxygens (including phenoxy) is 1. The van der Waals surface area contributed by atoms with Crippen LogP contribution < -0.4 is 48.3 Å². The Bertz CT molecular complexity index is 1780. The maximum Gasteiger partial charge on any atom is 0.328 e. The fourth-order valence-corrected chi connectivity index (χ4v) is 8.55. The van der Waals surface area contributed by atoms with Crippen LogP contribution in [0.1, 0.15) is 182 Å². The number of hydrogen-bond donors (Lipinski definition) is 9. The van der Waals surface area contributed by atoms with E-state index in [1.165, 1.54) is 7.11 Å². The smallest absolute Gasteiger partial charge is 0.328 e. The van der Waals surface area contributed by atoms with Crippen molar-refractivity contribution in [3.05, 3.63) is 0 Å². The van der Waals surface area contributed by atoms with E-state index in [-0.39, 0.29) is 91.8 Å². The third kappa shape index (κ3) is 28.7. The number of carbonyl (C=O) groups excluding carboxylic acids is 9. The minimum absolute atomic E-state index is 0.0157. The van der Waals surface area contributed by atoms with Crippen LogP contribution in [0.15, 0.2) is 0 Å². The van der Waals surface area contributed by atoms with Gasteiger partial charge in [0.2, 0.25) is 47.3 Å². The summed E-state index contributed by atoms with van der Waals surface area (Å²) in [5.74, 6) is -5.52. The van der Waals surface area contributed by atoms with E-state index in [4.69, 9.17) is 10.5 Å². The second-order valence-corrected chi connectivity index (χ2v) is 24.3. The van der Waals surface area contributed by atoms with E-state index in [0.717, 1.165) is 0 Å². The third-order valence-corrected chi connectivity index (χ3v) is 12.0. The molecule has 428 valence electrons.